The maximum atomic E-state index is 3.51. The Balaban J connectivity index is 1.52. The van der Waals surface area contributed by atoms with Crippen LogP contribution >= 0.6 is 0 Å². The predicted octanol–water partition coefficient (Wildman–Crippen LogP) is 2.91. The Morgan fingerprint density at radius 2 is 1.24 bits per heavy atom. The van der Waals surface area contributed by atoms with Crippen molar-refractivity contribution in [3.63, 3.8) is 0 Å². The number of hydrogen-bond donors (Lipinski definition) is 1. The van der Waals surface area contributed by atoms with Gasteiger partial charge in [-0.25, -0.2) is 0 Å². The largest absolute Gasteiger partial charge is 0.316 e. The fourth-order valence-electron chi connectivity index (χ4n) is 3.83. The summed E-state index contributed by atoms with van der Waals surface area (Å²) < 4.78 is 0. The molecule has 2 aliphatic rings. The molecule has 1 aliphatic carbocycles. The maximum Gasteiger partial charge on any atom is 0.0240 e. The van der Waals surface area contributed by atoms with Crippen molar-refractivity contribution in [1.29, 1.82) is 0 Å². The van der Waals surface area contributed by atoms with Crippen LogP contribution in [-0.2, 0) is 13.1 Å². The Morgan fingerprint density at radius 1 is 0.762 bits per heavy atom. The van der Waals surface area contributed by atoms with Gasteiger partial charge in [0.15, 0.2) is 0 Å². The zero-order valence-electron chi connectivity index (χ0n) is 12.3. The monoisotopic (exact) mass is 278 g/mol. The molecule has 0 amide bonds. The molecule has 2 unspecified atom stereocenters. The second-order valence-corrected chi connectivity index (χ2v) is 6.35. The molecule has 2 heteroatoms. The number of benzene rings is 2. The highest BCUT2D eigenvalue weighted by Gasteiger charge is 2.55. The van der Waals surface area contributed by atoms with E-state index in [-0.39, 0.29) is 0 Å². The molecule has 2 fully saturated rings. The van der Waals surface area contributed by atoms with Crippen molar-refractivity contribution in [2.24, 2.45) is 11.8 Å². The second kappa shape index (κ2) is 5.63. The molecular formula is C19H22N2. The van der Waals surface area contributed by atoms with Gasteiger partial charge < -0.3 is 5.32 Å². The summed E-state index contributed by atoms with van der Waals surface area (Å²) in [5, 5.41) is 3.51. The Kier molecular flexibility index (Phi) is 3.50. The molecule has 2 atom stereocenters. The Morgan fingerprint density at radius 3 is 1.71 bits per heavy atom. The van der Waals surface area contributed by atoms with Crippen molar-refractivity contribution >= 4 is 0 Å². The first-order chi connectivity index (χ1) is 10.4. The molecule has 2 nitrogen and oxygen atoms in total. The van der Waals surface area contributed by atoms with Gasteiger partial charge in [-0.05, 0) is 36.1 Å². The predicted molar refractivity (Wildman–Crippen MR) is 85.8 cm³/mol. The van der Waals surface area contributed by atoms with E-state index < -0.39 is 0 Å². The Bertz CT molecular complexity index is 530. The first-order valence-corrected chi connectivity index (χ1v) is 7.94. The third kappa shape index (κ3) is 2.74. The van der Waals surface area contributed by atoms with Crippen LogP contribution in [0.5, 0.6) is 0 Å². The van der Waals surface area contributed by atoms with Crippen LogP contribution in [0.25, 0.3) is 0 Å². The normalized spacial score (nSPS) is 26.8. The van der Waals surface area contributed by atoms with Crippen LogP contribution in [0.15, 0.2) is 60.7 Å². The minimum Gasteiger partial charge on any atom is -0.316 e. The summed E-state index contributed by atoms with van der Waals surface area (Å²) in [6, 6.07) is 22.5. The lowest BCUT2D eigenvalue weighted by Crippen LogP contribution is -2.32. The fourth-order valence-corrected chi connectivity index (χ4v) is 3.83. The Labute approximate surface area is 126 Å². The highest BCUT2D eigenvalue weighted by molar-refractivity contribution is 5.20. The van der Waals surface area contributed by atoms with E-state index in [4.69, 9.17) is 0 Å². The number of fused-ring (bicyclic) bond motifs is 1. The number of rotatable bonds is 5. The SMILES string of the molecule is c1ccc(CN(Cc2ccccc2)C2C3CNCC32)cc1. The highest BCUT2D eigenvalue weighted by atomic mass is 15.2. The average molecular weight is 278 g/mol. The van der Waals surface area contributed by atoms with Crippen LogP contribution in [0.1, 0.15) is 11.1 Å². The van der Waals surface area contributed by atoms with Crippen LogP contribution in [0.4, 0.5) is 0 Å². The van der Waals surface area contributed by atoms with Gasteiger partial charge in [0.25, 0.3) is 0 Å². The standard InChI is InChI=1S/C19H22N2/c1-3-7-15(8-4-1)13-21(14-16-9-5-2-6-10-16)19-17-11-20-12-18(17)19/h1-10,17-20H,11-14H2. The highest BCUT2D eigenvalue weighted by Crippen LogP contribution is 2.46. The van der Waals surface area contributed by atoms with E-state index in [2.05, 4.69) is 70.9 Å². The molecular weight excluding hydrogens is 256 g/mol. The van der Waals surface area contributed by atoms with Gasteiger partial charge in [0.2, 0.25) is 0 Å². The fraction of sp³-hybridized carbons (Fsp3) is 0.368. The Hall–Kier alpha value is -1.64. The zero-order valence-corrected chi connectivity index (χ0v) is 12.3. The first kappa shape index (κ1) is 13.1. The molecule has 0 spiro atoms. The van der Waals surface area contributed by atoms with Gasteiger partial charge in [0.05, 0.1) is 0 Å². The van der Waals surface area contributed by atoms with E-state index in [9.17, 15) is 0 Å². The summed E-state index contributed by atoms with van der Waals surface area (Å²) in [6.07, 6.45) is 0. The van der Waals surface area contributed by atoms with Gasteiger partial charge >= 0.3 is 0 Å². The van der Waals surface area contributed by atoms with Crippen molar-refractivity contribution in [3.05, 3.63) is 71.8 Å². The summed E-state index contributed by atoms with van der Waals surface area (Å²) in [7, 11) is 0. The van der Waals surface area contributed by atoms with E-state index in [1.54, 1.807) is 0 Å². The second-order valence-electron chi connectivity index (χ2n) is 6.35. The van der Waals surface area contributed by atoms with E-state index in [1.807, 2.05) is 0 Å². The van der Waals surface area contributed by atoms with Gasteiger partial charge in [0, 0.05) is 19.1 Å². The number of nitrogens with one attached hydrogen (secondary N) is 1. The van der Waals surface area contributed by atoms with E-state index in [0.29, 0.717) is 0 Å². The molecule has 0 radical (unpaired) electrons. The maximum absolute atomic E-state index is 3.51. The van der Waals surface area contributed by atoms with Crippen LogP contribution in [0, 0.1) is 11.8 Å². The minimum atomic E-state index is 0.770. The van der Waals surface area contributed by atoms with Crippen molar-refractivity contribution in [1.82, 2.24) is 10.2 Å². The molecule has 108 valence electrons. The van der Waals surface area contributed by atoms with Crippen molar-refractivity contribution in [3.8, 4) is 0 Å². The summed E-state index contributed by atoms with van der Waals surface area (Å²) >= 11 is 0. The molecule has 1 saturated carbocycles. The van der Waals surface area contributed by atoms with Crippen LogP contribution in [-0.4, -0.2) is 24.0 Å². The lowest BCUT2D eigenvalue weighted by atomic mass is 10.1. The number of hydrogen-bond acceptors (Lipinski definition) is 2. The quantitative estimate of drug-likeness (QED) is 0.904. The topological polar surface area (TPSA) is 15.3 Å². The molecule has 2 aromatic rings. The lowest BCUT2D eigenvalue weighted by molar-refractivity contribution is 0.219. The molecule has 0 bridgehead atoms. The van der Waals surface area contributed by atoms with Gasteiger partial charge in [-0.15, -0.1) is 0 Å². The molecule has 21 heavy (non-hydrogen) atoms. The summed E-state index contributed by atoms with van der Waals surface area (Å²) in [5.41, 5.74) is 2.85. The molecule has 1 N–H and O–H groups in total. The van der Waals surface area contributed by atoms with Gasteiger partial charge in [-0.3, -0.25) is 4.90 Å². The van der Waals surface area contributed by atoms with Gasteiger partial charge in [0.1, 0.15) is 0 Å². The summed E-state index contributed by atoms with van der Waals surface area (Å²) in [6.45, 7) is 4.53. The van der Waals surface area contributed by atoms with Gasteiger partial charge in [-0.2, -0.15) is 0 Å². The van der Waals surface area contributed by atoms with E-state index in [0.717, 1.165) is 31.0 Å². The number of nitrogens with zero attached hydrogens (tertiary/aromatic N) is 1. The van der Waals surface area contributed by atoms with Gasteiger partial charge in [-0.1, -0.05) is 60.7 Å². The van der Waals surface area contributed by atoms with Crippen molar-refractivity contribution in [2.45, 2.75) is 19.1 Å². The molecule has 2 aromatic carbocycles. The van der Waals surface area contributed by atoms with Crippen molar-refractivity contribution in [2.75, 3.05) is 13.1 Å². The first-order valence-electron chi connectivity index (χ1n) is 7.94. The molecule has 1 heterocycles. The third-order valence-corrected chi connectivity index (χ3v) is 4.93. The lowest BCUT2D eigenvalue weighted by Gasteiger charge is -2.25. The summed E-state index contributed by atoms with van der Waals surface area (Å²) in [4.78, 5) is 2.68. The zero-order chi connectivity index (χ0) is 14.1. The number of piperidine rings is 1. The van der Waals surface area contributed by atoms with Crippen LogP contribution in [0.3, 0.4) is 0 Å². The van der Waals surface area contributed by atoms with E-state index >= 15 is 0 Å². The third-order valence-electron chi connectivity index (χ3n) is 4.93. The minimum absolute atomic E-state index is 0.770. The van der Waals surface area contributed by atoms with E-state index in [1.165, 1.54) is 24.2 Å². The van der Waals surface area contributed by atoms with Crippen LogP contribution in [0.2, 0.25) is 0 Å². The van der Waals surface area contributed by atoms with Crippen molar-refractivity contribution < 1.29 is 0 Å². The average Bonchev–Trinajstić information content (AvgIpc) is 3.01. The molecule has 0 aromatic heterocycles. The summed E-state index contributed by atoms with van der Waals surface area (Å²) in [5.74, 6) is 1.75. The molecule has 4 rings (SSSR count). The van der Waals surface area contributed by atoms with Crippen LogP contribution < -0.4 is 5.32 Å². The molecule has 1 saturated heterocycles. The smallest absolute Gasteiger partial charge is 0.0240 e. The molecule has 1 aliphatic heterocycles.